The van der Waals surface area contributed by atoms with E-state index in [4.69, 9.17) is 34.8 Å². The number of rotatable bonds is 1. The largest absolute Gasteiger partial charge is 0.339 e. The van der Waals surface area contributed by atoms with Crippen molar-refractivity contribution in [3.05, 3.63) is 28.8 Å². The summed E-state index contributed by atoms with van der Waals surface area (Å²) in [4.78, 5) is 6.93. The zero-order valence-electron chi connectivity index (χ0n) is 7.61. The number of aromatic amines is 1. The first-order valence-electron chi connectivity index (χ1n) is 4.11. The van der Waals surface area contributed by atoms with Crippen LogP contribution in [0.3, 0.4) is 0 Å². The molecule has 1 N–H and O–H groups in total. The highest BCUT2D eigenvalue weighted by Crippen LogP contribution is 2.34. The summed E-state index contributed by atoms with van der Waals surface area (Å²) < 4.78 is 11.9. The second kappa shape index (κ2) is 3.51. The third-order valence-corrected chi connectivity index (χ3v) is 2.68. The predicted octanol–water partition coefficient (Wildman–Crippen LogP) is 4.01. The summed E-state index contributed by atoms with van der Waals surface area (Å²) in [5, 5.41) is -0.0346. The molecule has 0 fully saturated rings. The van der Waals surface area contributed by atoms with E-state index in [0.717, 1.165) is 0 Å². The van der Waals surface area contributed by atoms with E-state index < -0.39 is 10.2 Å². The quantitative estimate of drug-likeness (QED) is 0.777. The Labute approximate surface area is 100 Å². The average Bonchev–Trinajstić information content (AvgIpc) is 2.55. The van der Waals surface area contributed by atoms with Gasteiger partial charge >= 0.3 is 0 Å². The molecule has 1 aromatic heterocycles. The number of fused-ring (bicyclic) bond motifs is 1. The molecule has 0 aliphatic heterocycles. The van der Waals surface area contributed by atoms with Crippen LogP contribution in [0.25, 0.3) is 11.0 Å². The highest BCUT2D eigenvalue weighted by Gasteiger charge is 2.24. The molecule has 1 heterocycles. The van der Waals surface area contributed by atoms with Crippen molar-refractivity contribution in [2.45, 2.75) is 11.3 Å². The van der Waals surface area contributed by atoms with Gasteiger partial charge in [-0.05, 0) is 19.1 Å². The van der Waals surface area contributed by atoms with Gasteiger partial charge < -0.3 is 4.98 Å². The molecule has 0 aliphatic rings. The third-order valence-electron chi connectivity index (χ3n) is 1.96. The van der Waals surface area contributed by atoms with Crippen LogP contribution in [0.5, 0.6) is 0 Å². The number of hydrogen-bond donors (Lipinski definition) is 1. The first-order valence-corrected chi connectivity index (χ1v) is 5.25. The number of nitrogens with zero attached hydrogens (tertiary/aromatic N) is 1. The minimum absolute atomic E-state index is 0.0346. The molecule has 15 heavy (non-hydrogen) atoms. The Hall–Kier alpha value is -0.510. The van der Waals surface area contributed by atoms with E-state index in [9.17, 15) is 4.39 Å². The molecule has 1 aromatic carbocycles. The maximum absolute atomic E-state index is 13.1. The Morgan fingerprint density at radius 3 is 2.67 bits per heavy atom. The molecule has 6 heteroatoms. The number of aromatic nitrogens is 2. The van der Waals surface area contributed by atoms with Crippen LogP contribution in [-0.2, 0) is 4.33 Å². The molecule has 0 unspecified atom stereocenters. The molecular formula is C9H6Cl3FN2. The standard InChI is InChI=1S/C9H6Cl3FN2/c1-9(11,12)8-14-5-3-2-4(13)6(10)7(5)15-8/h2-3H,1H3,(H,14,15). The Kier molecular flexibility index (Phi) is 2.57. The molecular weight excluding hydrogens is 261 g/mol. The lowest BCUT2D eigenvalue weighted by molar-refractivity contribution is 0.630. The minimum atomic E-state index is -1.15. The summed E-state index contributed by atoms with van der Waals surface area (Å²) in [5.41, 5.74) is 0.933. The van der Waals surface area contributed by atoms with Gasteiger partial charge in [-0.1, -0.05) is 34.8 Å². The smallest absolute Gasteiger partial charge is 0.172 e. The molecule has 2 rings (SSSR count). The summed E-state index contributed by atoms with van der Waals surface area (Å²) in [6.07, 6.45) is 0. The summed E-state index contributed by atoms with van der Waals surface area (Å²) >= 11 is 17.5. The van der Waals surface area contributed by atoms with Crippen LogP contribution in [0.15, 0.2) is 12.1 Å². The van der Waals surface area contributed by atoms with Crippen molar-refractivity contribution in [1.29, 1.82) is 0 Å². The summed E-state index contributed by atoms with van der Waals surface area (Å²) in [6, 6.07) is 2.79. The fourth-order valence-corrected chi connectivity index (χ4v) is 1.61. The van der Waals surface area contributed by atoms with Crippen LogP contribution in [0.4, 0.5) is 4.39 Å². The normalized spacial score (nSPS) is 12.3. The van der Waals surface area contributed by atoms with Gasteiger partial charge in [-0.15, -0.1) is 0 Å². The van der Waals surface area contributed by atoms with Crippen LogP contribution in [-0.4, -0.2) is 9.97 Å². The van der Waals surface area contributed by atoms with Gasteiger partial charge in [0.1, 0.15) is 22.2 Å². The number of hydrogen-bond acceptors (Lipinski definition) is 1. The van der Waals surface area contributed by atoms with Gasteiger partial charge in [0.25, 0.3) is 0 Å². The Morgan fingerprint density at radius 2 is 2.07 bits per heavy atom. The Bertz CT molecular complexity index is 516. The Morgan fingerprint density at radius 1 is 1.40 bits per heavy atom. The van der Waals surface area contributed by atoms with E-state index in [1.54, 1.807) is 6.92 Å². The number of halogens is 4. The van der Waals surface area contributed by atoms with Crippen LogP contribution in [0, 0.1) is 5.82 Å². The fourth-order valence-electron chi connectivity index (χ4n) is 1.23. The van der Waals surface area contributed by atoms with E-state index in [-0.39, 0.29) is 5.02 Å². The molecule has 2 aromatic rings. The summed E-state index contributed by atoms with van der Waals surface area (Å²) in [6.45, 7) is 1.57. The van der Waals surface area contributed by atoms with E-state index in [0.29, 0.717) is 16.9 Å². The van der Waals surface area contributed by atoms with Crippen molar-refractivity contribution in [3.8, 4) is 0 Å². The van der Waals surface area contributed by atoms with Gasteiger partial charge in [0, 0.05) is 0 Å². The van der Waals surface area contributed by atoms with Gasteiger partial charge in [0.15, 0.2) is 4.33 Å². The van der Waals surface area contributed by atoms with Crippen molar-refractivity contribution in [2.24, 2.45) is 0 Å². The van der Waals surface area contributed by atoms with Gasteiger partial charge in [0.05, 0.1) is 5.52 Å². The fraction of sp³-hybridized carbons (Fsp3) is 0.222. The monoisotopic (exact) mass is 266 g/mol. The maximum Gasteiger partial charge on any atom is 0.172 e. The number of imidazole rings is 1. The van der Waals surface area contributed by atoms with E-state index in [1.165, 1.54) is 12.1 Å². The lowest BCUT2D eigenvalue weighted by atomic mass is 10.3. The van der Waals surface area contributed by atoms with E-state index >= 15 is 0 Å². The van der Waals surface area contributed by atoms with Gasteiger partial charge in [-0.25, -0.2) is 9.37 Å². The molecule has 0 atom stereocenters. The SMILES string of the molecule is CC(Cl)(Cl)c1nc2c(Cl)c(F)ccc2[nH]1. The first kappa shape index (κ1) is 11.0. The lowest BCUT2D eigenvalue weighted by Crippen LogP contribution is -2.05. The second-order valence-electron chi connectivity index (χ2n) is 3.23. The van der Waals surface area contributed by atoms with Gasteiger partial charge in [-0.3, -0.25) is 0 Å². The van der Waals surface area contributed by atoms with Crippen molar-refractivity contribution in [1.82, 2.24) is 9.97 Å². The van der Waals surface area contributed by atoms with Crippen molar-refractivity contribution < 1.29 is 4.39 Å². The molecule has 0 amide bonds. The van der Waals surface area contributed by atoms with Gasteiger partial charge in [0.2, 0.25) is 0 Å². The van der Waals surface area contributed by atoms with Crippen LogP contribution >= 0.6 is 34.8 Å². The van der Waals surface area contributed by atoms with Crippen molar-refractivity contribution in [2.75, 3.05) is 0 Å². The highest BCUT2D eigenvalue weighted by atomic mass is 35.5. The lowest BCUT2D eigenvalue weighted by Gasteiger charge is -2.07. The average molecular weight is 268 g/mol. The summed E-state index contributed by atoms with van der Waals surface area (Å²) in [5.74, 6) is -0.179. The minimum Gasteiger partial charge on any atom is -0.339 e. The zero-order chi connectivity index (χ0) is 11.2. The zero-order valence-corrected chi connectivity index (χ0v) is 9.88. The second-order valence-corrected chi connectivity index (χ2v) is 5.31. The van der Waals surface area contributed by atoms with Crippen LogP contribution in [0.1, 0.15) is 12.7 Å². The van der Waals surface area contributed by atoms with Crippen LogP contribution in [0.2, 0.25) is 5.02 Å². The number of benzene rings is 1. The van der Waals surface area contributed by atoms with Crippen LogP contribution < -0.4 is 0 Å². The number of H-pyrrole nitrogens is 1. The molecule has 80 valence electrons. The predicted molar refractivity (Wildman–Crippen MR) is 60.1 cm³/mol. The molecule has 0 saturated heterocycles. The van der Waals surface area contributed by atoms with Crippen molar-refractivity contribution >= 4 is 45.8 Å². The van der Waals surface area contributed by atoms with Crippen molar-refractivity contribution in [3.63, 3.8) is 0 Å². The molecule has 2 nitrogen and oxygen atoms in total. The molecule has 0 aliphatic carbocycles. The molecule has 0 bridgehead atoms. The third kappa shape index (κ3) is 1.92. The summed E-state index contributed by atoms with van der Waals surface area (Å²) in [7, 11) is 0. The topological polar surface area (TPSA) is 28.7 Å². The Balaban J connectivity index is 2.72. The number of nitrogens with one attached hydrogen (secondary N) is 1. The number of alkyl halides is 2. The molecule has 0 saturated carbocycles. The van der Waals surface area contributed by atoms with E-state index in [1.807, 2.05) is 0 Å². The van der Waals surface area contributed by atoms with E-state index in [2.05, 4.69) is 9.97 Å². The first-order chi connectivity index (χ1) is 6.89. The maximum atomic E-state index is 13.1. The van der Waals surface area contributed by atoms with Gasteiger partial charge in [-0.2, -0.15) is 0 Å². The molecule has 0 spiro atoms. The molecule has 0 radical (unpaired) electrons. The highest BCUT2D eigenvalue weighted by molar-refractivity contribution is 6.47.